The van der Waals surface area contributed by atoms with Crippen LogP contribution in [0.3, 0.4) is 0 Å². The maximum absolute atomic E-state index is 2.80. The molecule has 154 valence electrons. The van der Waals surface area contributed by atoms with E-state index in [1.165, 1.54) is 64.2 Å². The van der Waals surface area contributed by atoms with Gasteiger partial charge in [0.2, 0.25) is 0 Å². The molecule has 5 rings (SSSR count). The van der Waals surface area contributed by atoms with Crippen molar-refractivity contribution in [3.8, 4) is 0 Å². The van der Waals surface area contributed by atoms with E-state index in [0.29, 0.717) is 27.1 Å². The molecule has 0 aromatic heterocycles. The molecule has 0 heterocycles. The molecule has 0 aliphatic heterocycles. The van der Waals surface area contributed by atoms with Crippen molar-refractivity contribution < 1.29 is 0 Å². The first-order chi connectivity index (χ1) is 12.6. The van der Waals surface area contributed by atoms with Crippen LogP contribution in [-0.4, -0.2) is 0 Å². The molecule has 0 radical (unpaired) electrons. The maximum Gasteiger partial charge on any atom is -0.0235 e. The molecule has 0 amide bonds. The Hall–Kier alpha value is 0. The first-order valence-corrected chi connectivity index (χ1v) is 12.6. The van der Waals surface area contributed by atoms with E-state index in [1.54, 1.807) is 12.8 Å². The molecule has 0 N–H and O–H groups in total. The van der Waals surface area contributed by atoms with E-state index in [4.69, 9.17) is 0 Å². The van der Waals surface area contributed by atoms with Crippen molar-refractivity contribution >= 4 is 0 Å². The largest absolute Gasteiger partial charge is 0.0596 e. The summed E-state index contributed by atoms with van der Waals surface area (Å²) >= 11 is 0. The van der Waals surface area contributed by atoms with Gasteiger partial charge in [0, 0.05) is 0 Å². The van der Waals surface area contributed by atoms with Crippen LogP contribution in [0.1, 0.15) is 119 Å². The molecule has 0 heteroatoms. The van der Waals surface area contributed by atoms with Crippen LogP contribution in [0.15, 0.2) is 0 Å². The molecule has 5 saturated carbocycles. The van der Waals surface area contributed by atoms with Crippen molar-refractivity contribution in [3.63, 3.8) is 0 Å². The number of hydrogen-bond donors (Lipinski definition) is 0. The molecule has 0 aromatic carbocycles. The zero-order chi connectivity index (χ0) is 19.3. The van der Waals surface area contributed by atoms with Crippen LogP contribution >= 0.6 is 0 Å². The lowest BCUT2D eigenvalue weighted by Gasteiger charge is -2.73. The van der Waals surface area contributed by atoms with Crippen LogP contribution in [0.2, 0.25) is 0 Å². The summed E-state index contributed by atoms with van der Waals surface area (Å²) < 4.78 is 0. The topological polar surface area (TPSA) is 0 Å². The molecule has 0 saturated heterocycles. The summed E-state index contributed by atoms with van der Waals surface area (Å²) in [6.45, 7) is 16.3. The highest BCUT2D eigenvalue weighted by Crippen LogP contribution is 2.77. The van der Waals surface area contributed by atoms with E-state index in [-0.39, 0.29) is 0 Å². The van der Waals surface area contributed by atoms with E-state index in [9.17, 15) is 0 Å². The lowest BCUT2D eigenvalue weighted by atomic mass is 9.32. The van der Waals surface area contributed by atoms with Gasteiger partial charge in [0.05, 0.1) is 0 Å². The van der Waals surface area contributed by atoms with E-state index >= 15 is 0 Å². The monoisotopic (exact) mass is 370 g/mol. The van der Waals surface area contributed by atoms with Crippen LogP contribution < -0.4 is 0 Å². The van der Waals surface area contributed by atoms with Gasteiger partial charge in [-0.25, -0.2) is 0 Å². The zero-order valence-electron chi connectivity index (χ0n) is 19.3. The fourth-order valence-corrected chi connectivity index (χ4v) is 11.2. The minimum Gasteiger partial charge on any atom is -0.0596 e. The van der Waals surface area contributed by atoms with Gasteiger partial charge in [-0.15, -0.1) is 0 Å². The SMILES string of the molecule is CC1(C)CCC[C@@]2(C)[C@@H]1CC[C@]1(C)[C@H]2CC[C@@H]2[C@@]3(C)CCC[C@H]3CC[C@]21C. The Labute approximate surface area is 169 Å². The van der Waals surface area contributed by atoms with Crippen molar-refractivity contribution in [2.75, 3.05) is 0 Å². The van der Waals surface area contributed by atoms with E-state index < -0.39 is 0 Å². The Balaban J connectivity index is 1.56. The van der Waals surface area contributed by atoms with Gasteiger partial charge in [0.25, 0.3) is 0 Å². The van der Waals surface area contributed by atoms with Gasteiger partial charge in [-0.2, -0.15) is 0 Å². The predicted molar refractivity (Wildman–Crippen MR) is 116 cm³/mol. The van der Waals surface area contributed by atoms with Gasteiger partial charge in [-0.05, 0) is 115 Å². The highest BCUT2D eigenvalue weighted by atomic mass is 14.7. The summed E-state index contributed by atoms with van der Waals surface area (Å²) in [5.41, 5.74) is 3.04. The Morgan fingerprint density at radius 1 is 0.481 bits per heavy atom. The summed E-state index contributed by atoms with van der Waals surface area (Å²) in [6.07, 6.45) is 18.3. The summed E-state index contributed by atoms with van der Waals surface area (Å²) in [5.74, 6) is 4.00. The zero-order valence-corrected chi connectivity index (χ0v) is 19.3. The Kier molecular flexibility index (Phi) is 3.92. The van der Waals surface area contributed by atoms with Crippen LogP contribution in [0, 0.1) is 50.7 Å². The van der Waals surface area contributed by atoms with Crippen molar-refractivity contribution in [1.82, 2.24) is 0 Å². The van der Waals surface area contributed by atoms with Gasteiger partial charge in [-0.1, -0.05) is 54.4 Å². The minimum absolute atomic E-state index is 0.571. The second-order valence-corrected chi connectivity index (χ2v) is 13.6. The Morgan fingerprint density at radius 3 is 1.78 bits per heavy atom. The smallest absolute Gasteiger partial charge is 0.0235 e. The average Bonchev–Trinajstić information content (AvgIpc) is 2.96. The van der Waals surface area contributed by atoms with Crippen molar-refractivity contribution in [1.29, 1.82) is 0 Å². The normalized spacial score (nSPS) is 59.3. The Morgan fingerprint density at radius 2 is 1.07 bits per heavy atom. The third-order valence-electron chi connectivity index (χ3n) is 12.6. The average molecular weight is 371 g/mol. The number of fused-ring (bicyclic) bond motifs is 7. The van der Waals surface area contributed by atoms with Gasteiger partial charge in [0.15, 0.2) is 0 Å². The highest BCUT2D eigenvalue weighted by molar-refractivity contribution is 5.18. The molecule has 5 aliphatic carbocycles. The molecular weight excluding hydrogens is 324 g/mol. The second-order valence-electron chi connectivity index (χ2n) is 13.6. The molecule has 8 atom stereocenters. The second kappa shape index (κ2) is 5.57. The van der Waals surface area contributed by atoms with Crippen molar-refractivity contribution in [3.05, 3.63) is 0 Å². The van der Waals surface area contributed by atoms with E-state index in [1.807, 2.05) is 0 Å². The van der Waals surface area contributed by atoms with E-state index in [2.05, 4.69) is 41.5 Å². The van der Waals surface area contributed by atoms with Crippen LogP contribution in [-0.2, 0) is 0 Å². The Bertz CT molecular complexity index is 618. The standard InChI is InChI=1S/C27H46/c1-23(2)14-8-16-25(4)20(23)13-18-27(6)22(25)11-10-21-24(3)15-7-9-19(24)12-17-26(21,27)5/h19-22H,7-18H2,1-6H3/t19-,20+,21+,22-,24-,25-,26+,27+/m0/s1. The molecule has 0 spiro atoms. The van der Waals surface area contributed by atoms with Gasteiger partial charge in [0.1, 0.15) is 0 Å². The third kappa shape index (κ3) is 2.17. The van der Waals surface area contributed by atoms with Gasteiger partial charge < -0.3 is 0 Å². The summed E-state index contributed by atoms with van der Waals surface area (Å²) in [6, 6.07) is 0. The molecule has 0 aromatic rings. The number of hydrogen-bond acceptors (Lipinski definition) is 0. The molecule has 0 unspecified atom stereocenters. The van der Waals surface area contributed by atoms with Gasteiger partial charge in [-0.3, -0.25) is 0 Å². The fourth-order valence-electron chi connectivity index (χ4n) is 11.2. The van der Waals surface area contributed by atoms with Crippen LogP contribution in [0.4, 0.5) is 0 Å². The summed E-state index contributed by atoms with van der Waals surface area (Å²) in [4.78, 5) is 0. The molecule has 5 fully saturated rings. The maximum atomic E-state index is 2.80. The number of rotatable bonds is 0. The lowest BCUT2D eigenvalue weighted by molar-refractivity contribution is -0.239. The highest BCUT2D eigenvalue weighted by Gasteiger charge is 2.69. The molecular formula is C27H46. The molecule has 0 bridgehead atoms. The van der Waals surface area contributed by atoms with Crippen LogP contribution in [0.5, 0.6) is 0 Å². The van der Waals surface area contributed by atoms with E-state index in [0.717, 1.165) is 23.7 Å². The van der Waals surface area contributed by atoms with Crippen LogP contribution in [0.25, 0.3) is 0 Å². The lowest BCUT2D eigenvalue weighted by Crippen LogP contribution is -2.65. The minimum atomic E-state index is 0.571. The summed E-state index contributed by atoms with van der Waals surface area (Å²) in [7, 11) is 0. The fraction of sp³-hybridized carbons (Fsp3) is 1.00. The van der Waals surface area contributed by atoms with Crippen molar-refractivity contribution in [2.24, 2.45) is 50.7 Å². The van der Waals surface area contributed by atoms with Gasteiger partial charge >= 0.3 is 0 Å². The predicted octanol–water partition coefficient (Wildman–Crippen LogP) is 8.25. The quantitative estimate of drug-likeness (QED) is 0.402. The summed E-state index contributed by atoms with van der Waals surface area (Å²) in [5, 5.41) is 0. The van der Waals surface area contributed by atoms with Crippen molar-refractivity contribution in [2.45, 2.75) is 119 Å². The molecule has 0 nitrogen and oxygen atoms in total. The first kappa shape index (κ1) is 19.0. The third-order valence-corrected chi connectivity index (χ3v) is 12.6. The molecule has 5 aliphatic rings. The molecule has 27 heavy (non-hydrogen) atoms. The first-order valence-electron chi connectivity index (χ1n) is 12.6.